The van der Waals surface area contributed by atoms with Gasteiger partial charge in [-0.1, -0.05) is 13.0 Å². The van der Waals surface area contributed by atoms with Crippen molar-refractivity contribution < 1.29 is 4.42 Å². The molecule has 0 radical (unpaired) electrons. The molecule has 1 aromatic heterocycles. The molecule has 1 heterocycles. The van der Waals surface area contributed by atoms with Gasteiger partial charge in [0.1, 0.15) is 11.5 Å². The first-order valence-corrected chi connectivity index (χ1v) is 7.22. The van der Waals surface area contributed by atoms with Crippen molar-refractivity contribution in [3.05, 3.63) is 35.8 Å². The maximum absolute atomic E-state index is 5.95. The predicted molar refractivity (Wildman–Crippen MR) is 81.2 cm³/mol. The fraction of sp³-hybridized carbons (Fsp3) is 0.625. The highest BCUT2D eigenvalue weighted by molar-refractivity contribution is 5.20. The van der Waals surface area contributed by atoms with E-state index in [0.717, 1.165) is 44.1 Å². The molecule has 0 spiro atoms. The number of hydrogen-bond acceptors (Lipinski definition) is 3. The summed E-state index contributed by atoms with van der Waals surface area (Å²) in [6.07, 6.45) is 3.09. The molecule has 0 amide bonds. The van der Waals surface area contributed by atoms with E-state index in [1.165, 1.54) is 5.56 Å². The van der Waals surface area contributed by atoms with E-state index in [1.54, 1.807) is 0 Å². The van der Waals surface area contributed by atoms with Crippen LogP contribution in [0.2, 0.25) is 0 Å². The maximum atomic E-state index is 5.95. The van der Waals surface area contributed by atoms with Gasteiger partial charge in [-0.3, -0.25) is 4.90 Å². The van der Waals surface area contributed by atoms with Crippen LogP contribution in [0.3, 0.4) is 0 Å². The molecule has 0 unspecified atom stereocenters. The normalized spacial score (nSPS) is 11.5. The van der Waals surface area contributed by atoms with Crippen LogP contribution in [0.1, 0.15) is 44.3 Å². The number of rotatable bonds is 9. The lowest BCUT2D eigenvalue weighted by molar-refractivity contribution is 0.216. The third-order valence-electron chi connectivity index (χ3n) is 3.24. The van der Waals surface area contributed by atoms with E-state index in [1.807, 2.05) is 6.08 Å². The van der Waals surface area contributed by atoms with Crippen LogP contribution in [0.15, 0.2) is 23.1 Å². The van der Waals surface area contributed by atoms with Crippen molar-refractivity contribution in [3.8, 4) is 0 Å². The molecule has 1 aromatic rings. The molecule has 3 heteroatoms. The van der Waals surface area contributed by atoms with Crippen molar-refractivity contribution in [1.29, 1.82) is 0 Å². The Morgan fingerprint density at radius 2 is 2.21 bits per heavy atom. The van der Waals surface area contributed by atoms with Gasteiger partial charge in [0, 0.05) is 12.6 Å². The summed E-state index contributed by atoms with van der Waals surface area (Å²) in [5.74, 6) is 2.10. The third-order valence-corrected chi connectivity index (χ3v) is 3.24. The summed E-state index contributed by atoms with van der Waals surface area (Å²) in [7, 11) is 0. The molecule has 0 bridgehead atoms. The van der Waals surface area contributed by atoms with Gasteiger partial charge < -0.3 is 9.73 Å². The van der Waals surface area contributed by atoms with Crippen LogP contribution in [-0.2, 0) is 13.1 Å². The van der Waals surface area contributed by atoms with Gasteiger partial charge in [0.05, 0.1) is 13.1 Å². The minimum absolute atomic E-state index is 0.491. The van der Waals surface area contributed by atoms with E-state index in [-0.39, 0.29) is 0 Å². The van der Waals surface area contributed by atoms with Crippen molar-refractivity contribution in [2.24, 2.45) is 0 Å². The van der Waals surface area contributed by atoms with Gasteiger partial charge in [0.25, 0.3) is 0 Å². The van der Waals surface area contributed by atoms with E-state index in [4.69, 9.17) is 4.42 Å². The number of furan rings is 1. The zero-order valence-corrected chi connectivity index (χ0v) is 12.8. The summed E-state index contributed by atoms with van der Waals surface area (Å²) in [5, 5.41) is 3.38. The molecule has 1 rings (SSSR count). The summed E-state index contributed by atoms with van der Waals surface area (Å²) in [4.78, 5) is 2.34. The van der Waals surface area contributed by atoms with Crippen molar-refractivity contribution >= 4 is 0 Å². The van der Waals surface area contributed by atoms with Crippen LogP contribution in [0, 0.1) is 6.92 Å². The Hall–Kier alpha value is -1.06. The zero-order valence-electron chi connectivity index (χ0n) is 12.8. The van der Waals surface area contributed by atoms with Gasteiger partial charge in [-0.05, 0) is 45.4 Å². The lowest BCUT2D eigenvalue weighted by Crippen LogP contribution is -2.30. The third kappa shape index (κ3) is 5.21. The largest absolute Gasteiger partial charge is 0.463 e. The standard InChI is InChI=1S/C16H28N2O/c1-6-8-17-11-16-14(5)10-15(19-16)12-18(9-7-2)13(3)4/h7,10,13,17H,2,6,8-9,11-12H2,1,3-5H3. The molecule has 0 atom stereocenters. The average Bonchev–Trinajstić information content (AvgIpc) is 2.70. The molecular weight excluding hydrogens is 236 g/mol. The molecule has 0 aliphatic heterocycles. The number of nitrogens with zero attached hydrogens (tertiary/aromatic N) is 1. The van der Waals surface area contributed by atoms with E-state index < -0.39 is 0 Å². The Labute approximate surface area is 117 Å². The molecule has 1 N–H and O–H groups in total. The van der Waals surface area contributed by atoms with Crippen LogP contribution in [0.5, 0.6) is 0 Å². The second-order valence-electron chi connectivity index (χ2n) is 5.31. The molecule has 19 heavy (non-hydrogen) atoms. The zero-order chi connectivity index (χ0) is 14.3. The Morgan fingerprint density at radius 1 is 1.47 bits per heavy atom. The molecule has 0 saturated carbocycles. The van der Waals surface area contributed by atoms with E-state index in [9.17, 15) is 0 Å². The molecule has 0 saturated heterocycles. The molecule has 0 aliphatic carbocycles. The highest BCUT2D eigenvalue weighted by atomic mass is 16.3. The van der Waals surface area contributed by atoms with Crippen molar-refractivity contribution in [2.45, 2.75) is 53.2 Å². The van der Waals surface area contributed by atoms with E-state index >= 15 is 0 Å². The molecule has 0 aromatic carbocycles. The fourth-order valence-corrected chi connectivity index (χ4v) is 2.05. The molecular formula is C16H28N2O. The first-order chi connectivity index (χ1) is 9.08. The number of hydrogen-bond donors (Lipinski definition) is 1. The average molecular weight is 264 g/mol. The van der Waals surface area contributed by atoms with E-state index in [0.29, 0.717) is 6.04 Å². The Kier molecular flexibility index (Phi) is 6.89. The summed E-state index contributed by atoms with van der Waals surface area (Å²) in [6, 6.07) is 2.65. The Balaban J connectivity index is 2.63. The Morgan fingerprint density at radius 3 is 2.79 bits per heavy atom. The smallest absolute Gasteiger partial charge is 0.120 e. The van der Waals surface area contributed by atoms with Gasteiger partial charge in [-0.2, -0.15) is 0 Å². The van der Waals surface area contributed by atoms with Crippen LogP contribution in [0.4, 0.5) is 0 Å². The lowest BCUT2D eigenvalue weighted by atomic mass is 10.2. The minimum atomic E-state index is 0.491. The van der Waals surface area contributed by atoms with Crippen molar-refractivity contribution in [1.82, 2.24) is 10.2 Å². The van der Waals surface area contributed by atoms with Crippen molar-refractivity contribution in [3.63, 3.8) is 0 Å². The second kappa shape index (κ2) is 8.18. The van der Waals surface area contributed by atoms with Crippen LogP contribution in [0.25, 0.3) is 0 Å². The SMILES string of the molecule is C=CCN(Cc1cc(C)c(CNCCC)o1)C(C)C. The van der Waals surface area contributed by atoms with Crippen LogP contribution >= 0.6 is 0 Å². The highest BCUT2D eigenvalue weighted by Gasteiger charge is 2.13. The molecule has 108 valence electrons. The monoisotopic (exact) mass is 264 g/mol. The van der Waals surface area contributed by atoms with Gasteiger partial charge in [0.2, 0.25) is 0 Å². The summed E-state index contributed by atoms with van der Waals surface area (Å²) < 4.78 is 5.95. The van der Waals surface area contributed by atoms with E-state index in [2.05, 4.69) is 50.6 Å². The van der Waals surface area contributed by atoms with Crippen LogP contribution in [-0.4, -0.2) is 24.0 Å². The van der Waals surface area contributed by atoms with Crippen molar-refractivity contribution in [2.75, 3.05) is 13.1 Å². The van der Waals surface area contributed by atoms with Gasteiger partial charge in [-0.15, -0.1) is 6.58 Å². The summed E-state index contributed by atoms with van der Waals surface area (Å²) >= 11 is 0. The molecule has 0 fully saturated rings. The van der Waals surface area contributed by atoms with Gasteiger partial charge in [-0.25, -0.2) is 0 Å². The van der Waals surface area contributed by atoms with Gasteiger partial charge in [0.15, 0.2) is 0 Å². The maximum Gasteiger partial charge on any atom is 0.120 e. The number of nitrogens with one attached hydrogen (secondary N) is 1. The quantitative estimate of drug-likeness (QED) is 0.547. The molecule has 0 aliphatic rings. The summed E-state index contributed by atoms with van der Waals surface area (Å²) in [5.41, 5.74) is 1.24. The topological polar surface area (TPSA) is 28.4 Å². The minimum Gasteiger partial charge on any atom is -0.463 e. The van der Waals surface area contributed by atoms with Gasteiger partial charge >= 0.3 is 0 Å². The second-order valence-corrected chi connectivity index (χ2v) is 5.31. The first-order valence-electron chi connectivity index (χ1n) is 7.22. The fourth-order valence-electron chi connectivity index (χ4n) is 2.05. The highest BCUT2D eigenvalue weighted by Crippen LogP contribution is 2.17. The number of aryl methyl sites for hydroxylation is 1. The first kappa shape index (κ1) is 16.0. The predicted octanol–water partition coefficient (Wildman–Crippen LogP) is 3.48. The summed E-state index contributed by atoms with van der Waals surface area (Å²) in [6.45, 7) is 16.1. The lowest BCUT2D eigenvalue weighted by Gasteiger charge is -2.23. The van der Waals surface area contributed by atoms with Crippen LogP contribution < -0.4 is 5.32 Å². The Bertz CT molecular complexity index is 382. The molecule has 3 nitrogen and oxygen atoms in total.